The number of fused-ring (bicyclic) bond motifs is 1. The number of carbonyl (C=O) groups excluding carboxylic acids is 1. The van der Waals surface area contributed by atoms with Crippen LogP contribution in [0.15, 0.2) is 58.8 Å². The number of aromatic hydroxyl groups is 1. The van der Waals surface area contributed by atoms with E-state index >= 15 is 0 Å². The molecule has 0 aliphatic heterocycles. The normalized spacial score (nSPS) is 11.6. The van der Waals surface area contributed by atoms with Crippen molar-refractivity contribution < 1.29 is 19.4 Å². The molecule has 29 heavy (non-hydrogen) atoms. The number of para-hydroxylation sites is 1. The van der Waals surface area contributed by atoms with Crippen molar-refractivity contribution in [2.75, 3.05) is 13.2 Å². The third kappa shape index (κ3) is 4.81. The molecule has 7 heteroatoms. The molecule has 0 saturated heterocycles. The fourth-order valence-corrected chi connectivity index (χ4v) is 3.00. The van der Waals surface area contributed by atoms with E-state index in [9.17, 15) is 9.90 Å². The van der Waals surface area contributed by atoms with Crippen LogP contribution in [0.4, 0.5) is 5.69 Å². The van der Waals surface area contributed by atoms with Gasteiger partial charge in [-0.1, -0.05) is 18.2 Å². The van der Waals surface area contributed by atoms with Crippen molar-refractivity contribution in [1.29, 1.82) is 0 Å². The van der Waals surface area contributed by atoms with Gasteiger partial charge >= 0.3 is 0 Å². The maximum atomic E-state index is 12.4. The second kappa shape index (κ2) is 9.34. The first-order valence-electron chi connectivity index (χ1n) is 9.62. The van der Waals surface area contributed by atoms with Crippen molar-refractivity contribution in [3.63, 3.8) is 0 Å². The third-order valence-corrected chi connectivity index (χ3v) is 4.29. The SMILES string of the molecule is CCOCCn1c(O)c(N=NC(=O)c2ccc(OC(C)C)cc2)c2ccccc21. The lowest BCUT2D eigenvalue weighted by Gasteiger charge is -2.09. The number of benzene rings is 2. The smallest absolute Gasteiger partial charge is 0.295 e. The highest BCUT2D eigenvalue weighted by atomic mass is 16.5. The fraction of sp³-hybridized carbons (Fsp3) is 0.318. The molecule has 0 radical (unpaired) electrons. The monoisotopic (exact) mass is 395 g/mol. The molecule has 0 fully saturated rings. The fourth-order valence-electron chi connectivity index (χ4n) is 3.00. The first kappa shape index (κ1) is 20.5. The number of aromatic nitrogens is 1. The van der Waals surface area contributed by atoms with Gasteiger partial charge in [0.2, 0.25) is 5.88 Å². The van der Waals surface area contributed by atoms with Crippen LogP contribution in [-0.4, -0.2) is 34.9 Å². The molecule has 0 aliphatic carbocycles. The molecule has 0 aliphatic rings. The molecule has 0 atom stereocenters. The molecule has 152 valence electrons. The Labute approximate surface area is 169 Å². The quantitative estimate of drug-likeness (QED) is 0.425. The molecule has 0 spiro atoms. The summed E-state index contributed by atoms with van der Waals surface area (Å²) >= 11 is 0. The van der Waals surface area contributed by atoms with Crippen LogP contribution < -0.4 is 4.74 Å². The standard InChI is InChI=1S/C22H25N3O4/c1-4-28-14-13-25-19-8-6-5-7-18(19)20(22(25)27)23-24-21(26)16-9-11-17(12-10-16)29-15(2)3/h5-12,15,27H,4,13-14H2,1-3H3. The summed E-state index contributed by atoms with van der Waals surface area (Å²) < 4.78 is 12.7. The molecular formula is C22H25N3O4. The van der Waals surface area contributed by atoms with Gasteiger partial charge in [0.1, 0.15) is 5.75 Å². The zero-order valence-corrected chi connectivity index (χ0v) is 16.8. The van der Waals surface area contributed by atoms with Gasteiger partial charge in [0.15, 0.2) is 5.69 Å². The molecule has 1 N–H and O–H groups in total. The molecule has 1 amide bonds. The number of amides is 1. The number of ether oxygens (including phenoxy) is 2. The highest BCUT2D eigenvalue weighted by molar-refractivity contribution is 5.97. The van der Waals surface area contributed by atoms with E-state index in [1.165, 1.54) is 0 Å². The van der Waals surface area contributed by atoms with Crippen molar-refractivity contribution >= 4 is 22.5 Å². The minimum Gasteiger partial charge on any atom is -0.493 e. The van der Waals surface area contributed by atoms with Gasteiger partial charge in [0.05, 0.1) is 18.2 Å². The summed E-state index contributed by atoms with van der Waals surface area (Å²) in [5, 5.41) is 19.2. The first-order valence-corrected chi connectivity index (χ1v) is 9.62. The predicted molar refractivity (Wildman–Crippen MR) is 111 cm³/mol. The van der Waals surface area contributed by atoms with Crippen LogP contribution in [0.3, 0.4) is 0 Å². The van der Waals surface area contributed by atoms with E-state index in [0.29, 0.717) is 31.1 Å². The minimum absolute atomic E-state index is 0.0388. The Bertz CT molecular complexity index is 1010. The zero-order valence-electron chi connectivity index (χ0n) is 16.8. The number of hydrogen-bond donors (Lipinski definition) is 1. The van der Waals surface area contributed by atoms with Gasteiger partial charge in [-0.15, -0.1) is 10.2 Å². The lowest BCUT2D eigenvalue weighted by molar-refractivity contribution is 0.0995. The maximum Gasteiger partial charge on any atom is 0.295 e. The van der Waals surface area contributed by atoms with E-state index in [1.807, 2.05) is 45.0 Å². The average Bonchev–Trinajstić information content (AvgIpc) is 2.98. The topological polar surface area (TPSA) is 85.4 Å². The van der Waals surface area contributed by atoms with Gasteiger partial charge in [-0.05, 0) is 51.1 Å². The van der Waals surface area contributed by atoms with Crippen LogP contribution in [0, 0.1) is 0 Å². The zero-order chi connectivity index (χ0) is 20.8. The van der Waals surface area contributed by atoms with Gasteiger partial charge in [0.25, 0.3) is 5.91 Å². The van der Waals surface area contributed by atoms with Crippen molar-refractivity contribution in [2.24, 2.45) is 10.2 Å². The summed E-state index contributed by atoms with van der Waals surface area (Å²) in [6.45, 7) is 7.32. The molecule has 0 bridgehead atoms. The molecule has 1 heterocycles. The molecular weight excluding hydrogens is 370 g/mol. The Morgan fingerprint density at radius 3 is 2.55 bits per heavy atom. The van der Waals surface area contributed by atoms with Crippen molar-refractivity contribution in [2.45, 2.75) is 33.4 Å². The van der Waals surface area contributed by atoms with Gasteiger partial charge in [0, 0.05) is 24.1 Å². The minimum atomic E-state index is -0.494. The van der Waals surface area contributed by atoms with Crippen molar-refractivity contribution in [3.8, 4) is 11.6 Å². The van der Waals surface area contributed by atoms with Gasteiger partial charge in [-0.3, -0.25) is 4.79 Å². The van der Waals surface area contributed by atoms with Gasteiger partial charge in [-0.2, -0.15) is 0 Å². The Hall–Kier alpha value is -3.19. The summed E-state index contributed by atoms with van der Waals surface area (Å²) in [5.41, 5.74) is 1.47. The van der Waals surface area contributed by atoms with E-state index in [0.717, 1.165) is 10.9 Å². The van der Waals surface area contributed by atoms with Crippen LogP contribution in [0.1, 0.15) is 31.1 Å². The van der Waals surface area contributed by atoms with E-state index in [1.54, 1.807) is 28.8 Å². The van der Waals surface area contributed by atoms with E-state index < -0.39 is 5.91 Å². The molecule has 0 saturated carbocycles. The number of carbonyl (C=O) groups is 1. The van der Waals surface area contributed by atoms with Crippen LogP contribution >= 0.6 is 0 Å². The second-order valence-corrected chi connectivity index (χ2v) is 6.73. The Morgan fingerprint density at radius 2 is 1.86 bits per heavy atom. The van der Waals surface area contributed by atoms with E-state index in [-0.39, 0.29) is 17.7 Å². The van der Waals surface area contributed by atoms with Gasteiger partial charge in [-0.25, -0.2) is 0 Å². The van der Waals surface area contributed by atoms with Crippen molar-refractivity contribution in [3.05, 3.63) is 54.1 Å². The Kier molecular flexibility index (Phi) is 6.61. The van der Waals surface area contributed by atoms with Crippen molar-refractivity contribution in [1.82, 2.24) is 4.57 Å². The first-order chi connectivity index (χ1) is 14.0. The molecule has 7 nitrogen and oxygen atoms in total. The van der Waals surface area contributed by atoms with Crippen LogP contribution in [0.5, 0.6) is 11.6 Å². The molecule has 3 rings (SSSR count). The summed E-state index contributed by atoms with van der Waals surface area (Å²) in [7, 11) is 0. The van der Waals surface area contributed by atoms with Gasteiger partial charge < -0.3 is 19.1 Å². The summed E-state index contributed by atoms with van der Waals surface area (Å²) in [6, 6.07) is 14.2. The second-order valence-electron chi connectivity index (χ2n) is 6.73. The van der Waals surface area contributed by atoms with Crippen LogP contribution in [0.25, 0.3) is 10.9 Å². The maximum absolute atomic E-state index is 12.4. The van der Waals surface area contributed by atoms with E-state index in [4.69, 9.17) is 9.47 Å². The highest BCUT2D eigenvalue weighted by Gasteiger charge is 2.16. The average molecular weight is 395 g/mol. The number of hydrogen-bond acceptors (Lipinski definition) is 5. The third-order valence-electron chi connectivity index (χ3n) is 4.29. The highest BCUT2D eigenvalue weighted by Crippen LogP contribution is 2.38. The Balaban J connectivity index is 1.84. The molecule has 0 unspecified atom stereocenters. The summed E-state index contributed by atoms with van der Waals surface area (Å²) in [6.07, 6.45) is 0.0549. The summed E-state index contributed by atoms with van der Waals surface area (Å²) in [4.78, 5) is 12.4. The number of azo groups is 1. The molecule has 2 aromatic carbocycles. The number of nitrogens with zero attached hydrogens (tertiary/aromatic N) is 3. The number of rotatable bonds is 8. The lowest BCUT2D eigenvalue weighted by Crippen LogP contribution is -2.05. The lowest BCUT2D eigenvalue weighted by atomic mass is 10.2. The van der Waals surface area contributed by atoms with Crippen LogP contribution in [-0.2, 0) is 11.3 Å². The summed E-state index contributed by atoms with van der Waals surface area (Å²) in [5.74, 6) is 0.151. The predicted octanol–water partition coefficient (Wildman–Crippen LogP) is 5.09. The van der Waals surface area contributed by atoms with E-state index in [2.05, 4.69) is 10.2 Å². The Morgan fingerprint density at radius 1 is 1.14 bits per heavy atom. The largest absolute Gasteiger partial charge is 0.493 e. The molecule has 1 aromatic heterocycles. The van der Waals surface area contributed by atoms with Crippen LogP contribution in [0.2, 0.25) is 0 Å². The molecule has 3 aromatic rings.